The number of para-hydroxylation sites is 1. The van der Waals surface area contributed by atoms with E-state index in [1.54, 1.807) is 18.9 Å². The maximum Gasteiger partial charge on any atom is 0.234 e. The molecule has 126 valence electrons. The molecule has 1 saturated heterocycles. The van der Waals surface area contributed by atoms with Crippen LogP contribution in [0.25, 0.3) is 10.8 Å². The second kappa shape index (κ2) is 6.81. The summed E-state index contributed by atoms with van der Waals surface area (Å²) < 4.78 is 5.50. The highest BCUT2D eigenvalue weighted by molar-refractivity contribution is 8.00. The van der Waals surface area contributed by atoms with Crippen LogP contribution in [0, 0.1) is 0 Å². The summed E-state index contributed by atoms with van der Waals surface area (Å²) in [5, 5.41) is 2.41. The SMILES string of the molecule is COc1ccccc1C1SCC(=O)N1Cc1ccc2ccccc2c1. The Bertz CT molecular complexity index is 924. The quantitative estimate of drug-likeness (QED) is 0.688. The molecule has 1 unspecified atom stereocenters. The van der Waals surface area contributed by atoms with Crippen molar-refractivity contribution in [2.24, 2.45) is 0 Å². The molecule has 0 bridgehead atoms. The van der Waals surface area contributed by atoms with Gasteiger partial charge in [0.05, 0.1) is 12.9 Å². The van der Waals surface area contributed by atoms with Crippen molar-refractivity contribution in [3.8, 4) is 5.75 Å². The van der Waals surface area contributed by atoms with Crippen molar-refractivity contribution in [2.45, 2.75) is 11.9 Å². The molecule has 3 nitrogen and oxygen atoms in total. The lowest BCUT2D eigenvalue weighted by atomic mass is 10.1. The molecule has 1 atom stereocenters. The third kappa shape index (κ3) is 3.10. The zero-order valence-corrected chi connectivity index (χ0v) is 14.8. The molecule has 0 aliphatic carbocycles. The van der Waals surface area contributed by atoms with Crippen LogP contribution in [0.5, 0.6) is 5.75 Å². The van der Waals surface area contributed by atoms with Crippen molar-refractivity contribution in [1.29, 1.82) is 0 Å². The Labute approximate surface area is 151 Å². The number of carbonyl (C=O) groups excluding carboxylic acids is 1. The van der Waals surface area contributed by atoms with E-state index in [0.29, 0.717) is 12.3 Å². The zero-order chi connectivity index (χ0) is 17.2. The summed E-state index contributed by atoms with van der Waals surface area (Å²) >= 11 is 1.66. The minimum absolute atomic E-state index is 0.00452. The standard InChI is InChI=1S/C21H19NO2S/c1-24-19-9-5-4-8-18(19)21-22(20(23)14-25-21)13-15-10-11-16-6-2-3-7-17(16)12-15/h2-12,21H,13-14H2,1H3. The van der Waals surface area contributed by atoms with Gasteiger partial charge >= 0.3 is 0 Å². The van der Waals surface area contributed by atoms with Gasteiger partial charge in [-0.15, -0.1) is 11.8 Å². The van der Waals surface area contributed by atoms with Crippen molar-refractivity contribution in [2.75, 3.05) is 12.9 Å². The highest BCUT2D eigenvalue weighted by Gasteiger charge is 2.34. The molecular formula is C21H19NO2S. The molecule has 4 rings (SSSR count). The predicted molar refractivity (Wildman–Crippen MR) is 103 cm³/mol. The molecule has 1 amide bonds. The third-order valence-electron chi connectivity index (χ3n) is 4.54. The summed E-state index contributed by atoms with van der Waals surface area (Å²) in [7, 11) is 1.67. The van der Waals surface area contributed by atoms with E-state index in [0.717, 1.165) is 16.9 Å². The lowest BCUT2D eigenvalue weighted by Gasteiger charge is -2.25. The Balaban J connectivity index is 1.65. The summed E-state index contributed by atoms with van der Waals surface area (Å²) in [4.78, 5) is 14.4. The van der Waals surface area contributed by atoms with Gasteiger partial charge in [-0.2, -0.15) is 0 Å². The fourth-order valence-corrected chi connectivity index (χ4v) is 4.50. The van der Waals surface area contributed by atoms with E-state index in [4.69, 9.17) is 4.74 Å². The number of nitrogens with zero attached hydrogens (tertiary/aromatic N) is 1. The Morgan fingerprint density at radius 3 is 2.64 bits per heavy atom. The zero-order valence-electron chi connectivity index (χ0n) is 14.0. The van der Waals surface area contributed by atoms with Gasteiger partial charge < -0.3 is 9.64 Å². The van der Waals surface area contributed by atoms with Gasteiger partial charge in [0.15, 0.2) is 0 Å². The molecule has 0 aromatic heterocycles. The first-order chi connectivity index (χ1) is 12.3. The molecule has 1 fully saturated rings. The van der Waals surface area contributed by atoms with Crippen molar-refractivity contribution >= 4 is 28.4 Å². The molecule has 0 N–H and O–H groups in total. The smallest absolute Gasteiger partial charge is 0.234 e. The maximum absolute atomic E-state index is 12.5. The minimum atomic E-state index is -0.00452. The molecule has 1 aliphatic heterocycles. The van der Waals surface area contributed by atoms with E-state index < -0.39 is 0 Å². The molecule has 0 spiro atoms. The summed E-state index contributed by atoms with van der Waals surface area (Å²) in [6.45, 7) is 0.610. The number of hydrogen-bond donors (Lipinski definition) is 0. The average Bonchev–Trinajstić information content (AvgIpc) is 3.02. The fraction of sp³-hybridized carbons (Fsp3) is 0.190. The van der Waals surface area contributed by atoms with Crippen molar-refractivity contribution in [3.63, 3.8) is 0 Å². The first-order valence-electron chi connectivity index (χ1n) is 8.28. The number of rotatable bonds is 4. The number of fused-ring (bicyclic) bond motifs is 1. The monoisotopic (exact) mass is 349 g/mol. The van der Waals surface area contributed by atoms with E-state index in [2.05, 4.69) is 30.3 Å². The topological polar surface area (TPSA) is 29.5 Å². The number of amides is 1. The normalized spacial score (nSPS) is 17.2. The van der Waals surface area contributed by atoms with E-state index in [-0.39, 0.29) is 11.3 Å². The van der Waals surface area contributed by atoms with Gasteiger partial charge in [-0.25, -0.2) is 0 Å². The molecule has 3 aromatic carbocycles. The number of benzene rings is 3. The lowest BCUT2D eigenvalue weighted by Crippen LogP contribution is -2.27. The second-order valence-corrected chi connectivity index (χ2v) is 7.18. The summed E-state index contributed by atoms with van der Waals surface area (Å²) in [6.07, 6.45) is 0. The third-order valence-corrected chi connectivity index (χ3v) is 5.78. The van der Waals surface area contributed by atoms with Gasteiger partial charge in [0.2, 0.25) is 5.91 Å². The number of thioether (sulfide) groups is 1. The molecule has 0 saturated carbocycles. The van der Waals surface area contributed by atoms with Crippen molar-refractivity contribution in [1.82, 2.24) is 4.90 Å². The molecule has 4 heteroatoms. The summed E-state index contributed by atoms with van der Waals surface area (Å²) in [5.41, 5.74) is 2.20. The van der Waals surface area contributed by atoms with Gasteiger partial charge in [0.1, 0.15) is 11.1 Å². The first-order valence-corrected chi connectivity index (χ1v) is 9.33. The van der Waals surface area contributed by atoms with Crippen LogP contribution in [0.1, 0.15) is 16.5 Å². The largest absolute Gasteiger partial charge is 0.496 e. The molecular weight excluding hydrogens is 330 g/mol. The number of carbonyl (C=O) groups is 1. The molecule has 1 aliphatic rings. The summed E-state index contributed by atoms with van der Waals surface area (Å²) in [5.74, 6) is 1.52. The van der Waals surface area contributed by atoms with Gasteiger partial charge in [-0.1, -0.05) is 54.6 Å². The van der Waals surface area contributed by atoms with Crippen LogP contribution in [0.4, 0.5) is 0 Å². The van der Waals surface area contributed by atoms with Gasteiger partial charge in [0.25, 0.3) is 0 Å². The van der Waals surface area contributed by atoms with E-state index >= 15 is 0 Å². The number of ether oxygens (including phenoxy) is 1. The fourth-order valence-electron chi connectivity index (χ4n) is 3.29. The van der Waals surface area contributed by atoms with Crippen molar-refractivity contribution < 1.29 is 9.53 Å². The van der Waals surface area contributed by atoms with Crippen LogP contribution < -0.4 is 4.74 Å². The van der Waals surface area contributed by atoms with E-state index in [1.165, 1.54) is 10.8 Å². The van der Waals surface area contributed by atoms with E-state index in [1.807, 2.05) is 41.3 Å². The average molecular weight is 349 g/mol. The predicted octanol–water partition coefficient (Wildman–Crippen LogP) is 4.62. The second-order valence-electron chi connectivity index (χ2n) is 6.11. The van der Waals surface area contributed by atoms with Crippen LogP contribution in [0.3, 0.4) is 0 Å². The maximum atomic E-state index is 12.5. The van der Waals surface area contributed by atoms with Crippen LogP contribution in [-0.2, 0) is 11.3 Å². The lowest BCUT2D eigenvalue weighted by molar-refractivity contribution is -0.128. The Hall–Kier alpha value is -2.46. The highest BCUT2D eigenvalue weighted by atomic mass is 32.2. The van der Waals surface area contributed by atoms with Crippen LogP contribution in [0.2, 0.25) is 0 Å². The summed E-state index contributed by atoms with van der Waals surface area (Å²) in [6, 6.07) is 22.6. The molecule has 0 radical (unpaired) electrons. The Morgan fingerprint density at radius 1 is 1.04 bits per heavy atom. The van der Waals surface area contributed by atoms with Gasteiger partial charge in [-0.3, -0.25) is 4.79 Å². The van der Waals surface area contributed by atoms with Crippen LogP contribution in [0.15, 0.2) is 66.7 Å². The Morgan fingerprint density at radius 2 is 1.80 bits per heavy atom. The minimum Gasteiger partial charge on any atom is -0.496 e. The van der Waals surface area contributed by atoms with Crippen LogP contribution in [-0.4, -0.2) is 23.7 Å². The van der Waals surface area contributed by atoms with Crippen molar-refractivity contribution in [3.05, 3.63) is 77.9 Å². The van der Waals surface area contributed by atoms with Crippen LogP contribution >= 0.6 is 11.8 Å². The number of hydrogen-bond acceptors (Lipinski definition) is 3. The molecule has 1 heterocycles. The molecule has 25 heavy (non-hydrogen) atoms. The Kier molecular flexibility index (Phi) is 4.36. The first kappa shape index (κ1) is 16.0. The molecule has 3 aromatic rings. The van der Waals surface area contributed by atoms with E-state index in [9.17, 15) is 4.79 Å². The number of methoxy groups -OCH3 is 1. The highest BCUT2D eigenvalue weighted by Crippen LogP contribution is 2.43. The van der Waals surface area contributed by atoms with Gasteiger partial charge in [0, 0.05) is 12.1 Å². The van der Waals surface area contributed by atoms with Gasteiger partial charge in [-0.05, 0) is 28.5 Å².